The molecule has 3 aromatic rings. The highest BCUT2D eigenvalue weighted by Gasteiger charge is 2.30. The summed E-state index contributed by atoms with van der Waals surface area (Å²) >= 11 is 0. The Morgan fingerprint density at radius 2 is 1.40 bits per heavy atom. The van der Waals surface area contributed by atoms with E-state index in [9.17, 15) is 8.42 Å². The lowest BCUT2D eigenvalue weighted by Crippen LogP contribution is -2.33. The van der Waals surface area contributed by atoms with E-state index < -0.39 is 10.0 Å². The molecule has 0 radical (unpaired) electrons. The maximum absolute atomic E-state index is 13.4. The Balaban J connectivity index is 2.14. The molecule has 0 unspecified atom stereocenters. The molecule has 0 aromatic heterocycles. The second-order valence-corrected chi connectivity index (χ2v) is 7.85. The molecule has 0 aliphatic heterocycles. The van der Waals surface area contributed by atoms with Gasteiger partial charge in [0.15, 0.2) is 0 Å². The van der Waals surface area contributed by atoms with Crippen LogP contribution in [0.1, 0.15) is 24.1 Å². The Labute approximate surface area is 149 Å². The third kappa shape index (κ3) is 3.59. The molecule has 0 aliphatic rings. The molecular weight excluding hydrogens is 330 g/mol. The summed E-state index contributed by atoms with van der Waals surface area (Å²) in [4.78, 5) is 0.290. The highest BCUT2D eigenvalue weighted by atomic mass is 32.2. The third-order valence-corrected chi connectivity index (χ3v) is 6.10. The molecule has 0 spiro atoms. The van der Waals surface area contributed by atoms with Crippen LogP contribution in [-0.2, 0) is 10.0 Å². The quantitative estimate of drug-likeness (QED) is 0.652. The minimum Gasteiger partial charge on any atom is -0.259 e. The lowest BCUT2D eigenvalue weighted by atomic mass is 10.1. The van der Waals surface area contributed by atoms with Crippen molar-refractivity contribution in [2.24, 2.45) is 0 Å². The molecule has 25 heavy (non-hydrogen) atoms. The van der Waals surface area contributed by atoms with Gasteiger partial charge in [-0.1, -0.05) is 66.2 Å². The molecule has 0 heterocycles. The number of para-hydroxylation sites is 1. The molecule has 3 nitrogen and oxygen atoms in total. The minimum absolute atomic E-state index is 0.290. The van der Waals surface area contributed by atoms with Crippen molar-refractivity contribution >= 4 is 15.7 Å². The van der Waals surface area contributed by atoms with Crippen LogP contribution in [0, 0.1) is 6.92 Å². The molecule has 0 N–H and O–H groups in total. The molecule has 0 bridgehead atoms. The summed E-state index contributed by atoms with van der Waals surface area (Å²) in [5, 5.41) is 0. The van der Waals surface area contributed by atoms with Crippen LogP contribution in [0.2, 0.25) is 0 Å². The molecular formula is C21H21NO2S. The van der Waals surface area contributed by atoms with Crippen LogP contribution in [0.15, 0.2) is 89.8 Å². The van der Waals surface area contributed by atoms with Crippen molar-refractivity contribution in [2.75, 3.05) is 4.31 Å². The second kappa shape index (κ2) is 7.11. The summed E-state index contributed by atoms with van der Waals surface area (Å²) in [5.74, 6) is 0. The van der Waals surface area contributed by atoms with E-state index in [2.05, 4.69) is 0 Å². The van der Waals surface area contributed by atoms with Crippen LogP contribution >= 0.6 is 0 Å². The Morgan fingerprint density at radius 3 is 2.00 bits per heavy atom. The number of hydrogen-bond acceptors (Lipinski definition) is 2. The highest BCUT2D eigenvalue weighted by molar-refractivity contribution is 7.92. The predicted octanol–water partition coefficient (Wildman–Crippen LogP) is 4.95. The van der Waals surface area contributed by atoms with E-state index in [1.54, 1.807) is 24.3 Å². The molecule has 0 fully saturated rings. The monoisotopic (exact) mass is 351 g/mol. The number of rotatable bonds is 5. The van der Waals surface area contributed by atoms with Gasteiger partial charge in [0, 0.05) is 0 Å². The van der Waals surface area contributed by atoms with Crippen molar-refractivity contribution in [3.63, 3.8) is 0 Å². The van der Waals surface area contributed by atoms with Gasteiger partial charge in [-0.05, 0) is 43.7 Å². The minimum atomic E-state index is -3.68. The fourth-order valence-corrected chi connectivity index (χ4v) is 4.58. The fourth-order valence-electron chi connectivity index (χ4n) is 2.92. The molecule has 0 aliphatic carbocycles. The number of nitrogens with zero attached hydrogens (tertiary/aromatic N) is 1. The number of hydrogen-bond donors (Lipinski definition) is 0. The van der Waals surface area contributed by atoms with Gasteiger partial charge in [0.1, 0.15) is 0 Å². The van der Waals surface area contributed by atoms with Crippen molar-refractivity contribution in [1.82, 2.24) is 0 Å². The van der Waals surface area contributed by atoms with Gasteiger partial charge in [-0.15, -0.1) is 0 Å². The van der Waals surface area contributed by atoms with E-state index in [1.807, 2.05) is 74.5 Å². The SMILES string of the molecule is Cc1cccc([C@H](C)N(c2ccccc2)S(=O)(=O)c2ccccc2)c1. The first kappa shape index (κ1) is 17.2. The van der Waals surface area contributed by atoms with E-state index in [4.69, 9.17) is 0 Å². The van der Waals surface area contributed by atoms with Gasteiger partial charge in [0.2, 0.25) is 0 Å². The molecule has 3 aromatic carbocycles. The van der Waals surface area contributed by atoms with Gasteiger partial charge in [0.05, 0.1) is 16.6 Å². The molecule has 3 rings (SSSR count). The van der Waals surface area contributed by atoms with Crippen LogP contribution in [0.5, 0.6) is 0 Å². The van der Waals surface area contributed by atoms with Gasteiger partial charge < -0.3 is 0 Å². The molecule has 0 saturated heterocycles. The van der Waals surface area contributed by atoms with Gasteiger partial charge in [0.25, 0.3) is 10.0 Å². The zero-order chi connectivity index (χ0) is 17.9. The number of aryl methyl sites for hydroxylation is 1. The van der Waals surface area contributed by atoms with E-state index >= 15 is 0 Å². The first-order chi connectivity index (χ1) is 12.0. The van der Waals surface area contributed by atoms with Gasteiger partial charge in [-0.2, -0.15) is 0 Å². The summed E-state index contributed by atoms with van der Waals surface area (Å²) in [5.41, 5.74) is 2.72. The van der Waals surface area contributed by atoms with Gasteiger partial charge >= 0.3 is 0 Å². The normalized spacial score (nSPS) is 12.6. The zero-order valence-corrected chi connectivity index (χ0v) is 15.1. The Bertz CT molecular complexity index is 938. The summed E-state index contributed by atoms with van der Waals surface area (Å²) in [6.07, 6.45) is 0. The summed E-state index contributed by atoms with van der Waals surface area (Å²) in [6, 6.07) is 25.4. The topological polar surface area (TPSA) is 37.4 Å². The average molecular weight is 351 g/mol. The summed E-state index contributed by atoms with van der Waals surface area (Å²) in [7, 11) is -3.68. The first-order valence-electron chi connectivity index (χ1n) is 8.21. The Morgan fingerprint density at radius 1 is 0.800 bits per heavy atom. The third-order valence-electron chi connectivity index (χ3n) is 4.19. The van der Waals surface area contributed by atoms with Crippen molar-refractivity contribution in [3.8, 4) is 0 Å². The zero-order valence-electron chi connectivity index (χ0n) is 14.3. The van der Waals surface area contributed by atoms with Gasteiger partial charge in [-0.3, -0.25) is 4.31 Å². The van der Waals surface area contributed by atoms with Crippen molar-refractivity contribution in [1.29, 1.82) is 0 Å². The standard InChI is InChI=1S/C21H21NO2S/c1-17-10-9-11-19(16-17)18(2)22(20-12-5-3-6-13-20)25(23,24)21-14-7-4-8-15-21/h3-16,18H,1-2H3/t18-/m0/s1. The maximum Gasteiger partial charge on any atom is 0.264 e. The summed E-state index contributed by atoms with van der Waals surface area (Å²) in [6.45, 7) is 3.93. The number of sulfonamides is 1. The second-order valence-electron chi connectivity index (χ2n) is 6.04. The number of benzene rings is 3. The Hall–Kier alpha value is -2.59. The number of anilines is 1. The average Bonchev–Trinajstić information content (AvgIpc) is 2.63. The first-order valence-corrected chi connectivity index (χ1v) is 9.65. The van der Waals surface area contributed by atoms with Crippen LogP contribution in [0.25, 0.3) is 0 Å². The van der Waals surface area contributed by atoms with Gasteiger partial charge in [-0.25, -0.2) is 8.42 Å². The maximum atomic E-state index is 13.4. The van der Waals surface area contributed by atoms with E-state index in [1.165, 1.54) is 4.31 Å². The smallest absolute Gasteiger partial charge is 0.259 e. The fraction of sp³-hybridized carbons (Fsp3) is 0.143. The van der Waals surface area contributed by atoms with Crippen molar-refractivity contribution in [3.05, 3.63) is 96.1 Å². The largest absolute Gasteiger partial charge is 0.264 e. The Kier molecular flexibility index (Phi) is 4.91. The highest BCUT2D eigenvalue weighted by Crippen LogP contribution is 2.33. The van der Waals surface area contributed by atoms with Crippen molar-refractivity contribution < 1.29 is 8.42 Å². The van der Waals surface area contributed by atoms with Crippen LogP contribution in [-0.4, -0.2) is 8.42 Å². The molecule has 4 heteroatoms. The van der Waals surface area contributed by atoms with Crippen LogP contribution in [0.4, 0.5) is 5.69 Å². The molecule has 1 atom stereocenters. The van der Waals surface area contributed by atoms with Crippen LogP contribution in [0.3, 0.4) is 0 Å². The van der Waals surface area contributed by atoms with E-state index in [0.29, 0.717) is 10.6 Å². The van der Waals surface area contributed by atoms with E-state index in [-0.39, 0.29) is 6.04 Å². The summed E-state index contributed by atoms with van der Waals surface area (Å²) < 4.78 is 28.2. The molecule has 0 saturated carbocycles. The lowest BCUT2D eigenvalue weighted by Gasteiger charge is -2.31. The molecule has 0 amide bonds. The predicted molar refractivity (Wildman–Crippen MR) is 102 cm³/mol. The molecule has 128 valence electrons. The lowest BCUT2D eigenvalue weighted by molar-refractivity contribution is 0.583. The van der Waals surface area contributed by atoms with Crippen molar-refractivity contribution in [2.45, 2.75) is 24.8 Å². The van der Waals surface area contributed by atoms with E-state index in [0.717, 1.165) is 11.1 Å². The van der Waals surface area contributed by atoms with Crippen LogP contribution < -0.4 is 4.31 Å².